The Hall–Kier alpha value is -0.780. The van der Waals surface area contributed by atoms with Crippen LogP contribution in [-0.2, 0) is 0 Å². The van der Waals surface area contributed by atoms with E-state index in [1.165, 1.54) is 0 Å². The summed E-state index contributed by atoms with van der Waals surface area (Å²) in [4.78, 5) is 0. The van der Waals surface area contributed by atoms with Crippen molar-refractivity contribution in [2.75, 3.05) is 0 Å². The van der Waals surface area contributed by atoms with Crippen LogP contribution in [0.15, 0.2) is 38.0 Å². The Kier molecular flexibility index (Phi) is 258. The molecule has 0 unspecified atom stereocenters. The van der Waals surface area contributed by atoms with Crippen molar-refractivity contribution >= 4 is 0 Å². The molecule has 0 spiro atoms. The van der Waals surface area contributed by atoms with Crippen molar-refractivity contribution in [2.24, 2.45) is 0 Å². The maximum Gasteiger partial charge on any atom is -0.0473 e. The van der Waals surface area contributed by atoms with Crippen molar-refractivity contribution < 1.29 is 0 Å². The topological polar surface area (TPSA) is 0 Å². The van der Waals surface area contributed by atoms with Gasteiger partial charge in [0.15, 0.2) is 0 Å². The van der Waals surface area contributed by atoms with Crippen molar-refractivity contribution in [1.29, 1.82) is 0 Å². The van der Waals surface area contributed by atoms with Gasteiger partial charge < -0.3 is 0 Å². The minimum Gasteiger partial charge on any atom is -0.103 e. The zero-order chi connectivity index (χ0) is 10.1. The Morgan fingerprint density at radius 3 is 0.636 bits per heavy atom. The molecule has 0 rings (SSSR count). The largest absolute Gasteiger partial charge is 0.103 e. The van der Waals surface area contributed by atoms with E-state index in [9.17, 15) is 0 Å². The second-order valence-corrected chi connectivity index (χ2v) is 1.22. The molecule has 0 N–H and O–H groups in total. The molecule has 68 valence electrons. The SMILES string of the molecule is C=CC.C=CC.C=CC.CC. The molecule has 0 aromatic rings. The summed E-state index contributed by atoms with van der Waals surface area (Å²) >= 11 is 0. The van der Waals surface area contributed by atoms with Crippen molar-refractivity contribution in [1.82, 2.24) is 0 Å². The van der Waals surface area contributed by atoms with Gasteiger partial charge in [-0.25, -0.2) is 0 Å². The van der Waals surface area contributed by atoms with Gasteiger partial charge in [-0.15, -0.1) is 19.7 Å². The lowest BCUT2D eigenvalue weighted by Gasteiger charge is -1.31. The predicted octanol–water partition coefficient (Wildman–Crippen LogP) is 4.60. The summed E-state index contributed by atoms with van der Waals surface area (Å²) in [6, 6.07) is 0. The predicted molar refractivity (Wildman–Crippen MR) is 59.0 cm³/mol. The molecule has 0 aromatic carbocycles. The highest BCUT2D eigenvalue weighted by atomic mass is 13.2. The molecule has 0 aliphatic carbocycles. The normalized spacial score (nSPS) is 4.09. The maximum absolute atomic E-state index is 3.36. The standard InChI is InChI=1S/3C3H6.C2H6/c3*1-3-2;1-2/h3*3H,1H2,2H3;1-2H3. The van der Waals surface area contributed by atoms with Crippen LogP contribution in [0.4, 0.5) is 0 Å². The molecular formula is C11H24. The minimum absolute atomic E-state index is 1.75. The monoisotopic (exact) mass is 156 g/mol. The van der Waals surface area contributed by atoms with E-state index in [1.807, 2.05) is 34.6 Å². The smallest absolute Gasteiger partial charge is 0.0473 e. The Balaban J connectivity index is -0.0000000301. The van der Waals surface area contributed by atoms with Crippen LogP contribution in [0, 0.1) is 0 Å². The van der Waals surface area contributed by atoms with E-state index in [1.54, 1.807) is 18.2 Å². The minimum atomic E-state index is 1.75. The van der Waals surface area contributed by atoms with Crippen LogP contribution in [0.25, 0.3) is 0 Å². The van der Waals surface area contributed by atoms with Gasteiger partial charge in [0.05, 0.1) is 0 Å². The highest BCUT2D eigenvalue weighted by Gasteiger charge is 1.15. The fraction of sp³-hybridized carbons (Fsp3) is 0.455. The van der Waals surface area contributed by atoms with Crippen molar-refractivity contribution in [3.05, 3.63) is 38.0 Å². The molecule has 11 heavy (non-hydrogen) atoms. The summed E-state index contributed by atoms with van der Waals surface area (Å²) < 4.78 is 0. The van der Waals surface area contributed by atoms with E-state index >= 15 is 0 Å². The molecule has 0 nitrogen and oxygen atoms in total. The summed E-state index contributed by atoms with van der Waals surface area (Å²) in [5, 5.41) is 0. The van der Waals surface area contributed by atoms with Gasteiger partial charge in [-0.3, -0.25) is 0 Å². The molecule has 0 saturated heterocycles. The van der Waals surface area contributed by atoms with Crippen molar-refractivity contribution in [3.8, 4) is 0 Å². The fourth-order valence-corrected chi connectivity index (χ4v) is 0. The number of rotatable bonds is 0. The van der Waals surface area contributed by atoms with E-state index in [-0.39, 0.29) is 0 Å². The molecule has 0 atom stereocenters. The van der Waals surface area contributed by atoms with Gasteiger partial charge in [0.2, 0.25) is 0 Å². The van der Waals surface area contributed by atoms with Crippen LogP contribution < -0.4 is 0 Å². The van der Waals surface area contributed by atoms with Gasteiger partial charge in [0.25, 0.3) is 0 Å². The van der Waals surface area contributed by atoms with E-state index < -0.39 is 0 Å². The molecule has 0 amide bonds. The van der Waals surface area contributed by atoms with Crippen LogP contribution in [0.2, 0.25) is 0 Å². The van der Waals surface area contributed by atoms with Gasteiger partial charge in [-0.2, -0.15) is 0 Å². The zero-order valence-electron chi connectivity index (χ0n) is 8.85. The highest BCUT2D eigenvalue weighted by Crippen LogP contribution is 1.38. The Bertz CT molecular complexity index is 36.8. The van der Waals surface area contributed by atoms with Crippen LogP contribution in [0.1, 0.15) is 34.6 Å². The van der Waals surface area contributed by atoms with Gasteiger partial charge in [-0.1, -0.05) is 32.1 Å². The lowest BCUT2D eigenvalue weighted by molar-refractivity contribution is 1.50. The second kappa shape index (κ2) is 126. The molecule has 0 aromatic heterocycles. The summed E-state index contributed by atoms with van der Waals surface area (Å²) in [5.41, 5.74) is 0. The molecule has 0 bridgehead atoms. The van der Waals surface area contributed by atoms with Gasteiger partial charge in [0.1, 0.15) is 0 Å². The molecule has 0 aliphatic rings. The van der Waals surface area contributed by atoms with E-state index in [4.69, 9.17) is 0 Å². The molecule has 0 heteroatoms. The van der Waals surface area contributed by atoms with E-state index in [0.29, 0.717) is 0 Å². The molecule has 0 heterocycles. The number of allylic oxidation sites excluding steroid dienone is 3. The summed E-state index contributed by atoms with van der Waals surface area (Å²) in [5.74, 6) is 0. The first kappa shape index (κ1) is 22.5. The van der Waals surface area contributed by atoms with Crippen LogP contribution in [0.3, 0.4) is 0 Å². The fourth-order valence-electron chi connectivity index (χ4n) is 0. The first-order valence-electron chi connectivity index (χ1n) is 3.96. The average Bonchev–Trinajstić information content (AvgIpc) is 1.96. The highest BCUT2D eigenvalue weighted by molar-refractivity contribution is 4.52. The third-order valence-corrected chi connectivity index (χ3v) is 0. The molecule has 0 saturated carbocycles. The molecule has 0 fully saturated rings. The maximum atomic E-state index is 3.36. The summed E-state index contributed by atoms with van der Waals surface area (Å²) in [6.45, 7) is 19.8. The molecular weight excluding hydrogens is 132 g/mol. The average molecular weight is 156 g/mol. The van der Waals surface area contributed by atoms with Gasteiger partial charge >= 0.3 is 0 Å². The molecule has 0 radical (unpaired) electrons. The second-order valence-electron chi connectivity index (χ2n) is 1.22. The van der Waals surface area contributed by atoms with Gasteiger partial charge in [-0.05, 0) is 20.8 Å². The first-order chi connectivity index (χ1) is 5.24. The first-order valence-corrected chi connectivity index (χ1v) is 3.96. The van der Waals surface area contributed by atoms with Crippen LogP contribution >= 0.6 is 0 Å². The summed E-state index contributed by atoms with van der Waals surface area (Å²) in [7, 11) is 0. The number of hydrogen-bond acceptors (Lipinski definition) is 0. The number of hydrogen-bond donors (Lipinski definition) is 0. The Labute approximate surface area is 73.3 Å². The van der Waals surface area contributed by atoms with Gasteiger partial charge in [0, 0.05) is 0 Å². The van der Waals surface area contributed by atoms with E-state index in [2.05, 4.69) is 19.7 Å². The van der Waals surface area contributed by atoms with E-state index in [0.717, 1.165) is 0 Å². The van der Waals surface area contributed by atoms with Crippen molar-refractivity contribution in [3.63, 3.8) is 0 Å². The van der Waals surface area contributed by atoms with Crippen LogP contribution in [0.5, 0.6) is 0 Å². The van der Waals surface area contributed by atoms with Crippen LogP contribution in [-0.4, -0.2) is 0 Å². The Morgan fingerprint density at radius 2 is 0.636 bits per heavy atom. The third-order valence-electron chi connectivity index (χ3n) is 0. The zero-order valence-corrected chi connectivity index (χ0v) is 8.85. The lowest BCUT2D eigenvalue weighted by atomic mass is 10.8. The summed E-state index contributed by atoms with van der Waals surface area (Å²) in [6.07, 6.45) is 5.25. The molecule has 0 aliphatic heterocycles. The van der Waals surface area contributed by atoms with Crippen molar-refractivity contribution in [2.45, 2.75) is 34.6 Å². The Morgan fingerprint density at radius 1 is 0.636 bits per heavy atom. The quantitative estimate of drug-likeness (QED) is 0.449. The lowest BCUT2D eigenvalue weighted by Crippen LogP contribution is -1.07. The third kappa shape index (κ3) is 790.